The molecule has 0 bridgehead atoms. The maximum atomic E-state index is 4.51. The normalized spacial score (nSPS) is 18.4. The summed E-state index contributed by atoms with van der Waals surface area (Å²) >= 11 is 0. The summed E-state index contributed by atoms with van der Waals surface area (Å²) in [6, 6.07) is 17.6. The van der Waals surface area contributed by atoms with Crippen LogP contribution in [0.25, 0.3) is 0 Å². The van der Waals surface area contributed by atoms with E-state index in [1.54, 1.807) is 0 Å². The lowest BCUT2D eigenvalue weighted by atomic mass is 10.1. The number of piperazine rings is 1. The molecule has 0 amide bonds. The van der Waals surface area contributed by atoms with Crippen molar-refractivity contribution < 1.29 is 0 Å². The second-order valence-electron chi connectivity index (χ2n) is 7.83. The van der Waals surface area contributed by atoms with Gasteiger partial charge in [0.15, 0.2) is 5.96 Å². The highest BCUT2D eigenvalue weighted by Gasteiger charge is 2.22. The Bertz CT molecular complexity index is 806. The first kappa shape index (κ1) is 19.0. The number of aliphatic imine (C=N–C) groups is 1. The molecule has 0 aliphatic carbocycles. The Kier molecular flexibility index (Phi) is 5.93. The fourth-order valence-corrected chi connectivity index (χ4v) is 4.06. The smallest absolute Gasteiger partial charge is 0.198 e. The minimum Gasteiger partial charge on any atom is -0.352 e. The van der Waals surface area contributed by atoms with E-state index in [4.69, 9.17) is 0 Å². The maximum absolute atomic E-state index is 4.51. The van der Waals surface area contributed by atoms with Gasteiger partial charge in [0.25, 0.3) is 0 Å². The average Bonchev–Trinajstić information content (AvgIpc) is 3.16. The summed E-state index contributed by atoms with van der Waals surface area (Å²) in [5.74, 6) is 0.950. The van der Waals surface area contributed by atoms with E-state index in [9.17, 15) is 0 Å². The van der Waals surface area contributed by atoms with Gasteiger partial charge in [0, 0.05) is 58.5 Å². The molecule has 2 aliphatic rings. The minimum atomic E-state index is 0.792. The largest absolute Gasteiger partial charge is 0.352 e. The van der Waals surface area contributed by atoms with Gasteiger partial charge < -0.3 is 15.1 Å². The molecule has 4 rings (SSSR count). The summed E-state index contributed by atoms with van der Waals surface area (Å²) in [6.45, 7) is 7.49. The molecule has 1 N–H and O–H groups in total. The van der Waals surface area contributed by atoms with Crippen LogP contribution in [0.1, 0.15) is 16.7 Å². The quantitative estimate of drug-likeness (QED) is 0.656. The third-order valence-electron chi connectivity index (χ3n) is 5.83. The topological polar surface area (TPSA) is 34.1 Å². The highest BCUT2D eigenvalue weighted by atomic mass is 15.3. The molecular weight excluding hydrogens is 346 g/mol. The Hall–Kier alpha value is -2.37. The summed E-state index contributed by atoms with van der Waals surface area (Å²) in [5.41, 5.74) is 5.36. The third kappa shape index (κ3) is 4.37. The Balaban J connectivity index is 1.32. The first-order valence-corrected chi connectivity index (χ1v) is 10.3. The molecule has 2 aliphatic heterocycles. The van der Waals surface area contributed by atoms with E-state index in [0.29, 0.717) is 0 Å². The zero-order valence-corrected chi connectivity index (χ0v) is 17.1. The van der Waals surface area contributed by atoms with Crippen molar-refractivity contribution in [2.24, 2.45) is 4.99 Å². The van der Waals surface area contributed by atoms with Gasteiger partial charge in [0.05, 0.1) is 0 Å². The Morgan fingerprint density at radius 2 is 1.64 bits per heavy atom. The number of para-hydroxylation sites is 1. The van der Waals surface area contributed by atoms with E-state index in [-0.39, 0.29) is 0 Å². The molecule has 2 aromatic rings. The summed E-state index contributed by atoms with van der Waals surface area (Å²) < 4.78 is 0. The van der Waals surface area contributed by atoms with Crippen LogP contribution in [0.2, 0.25) is 0 Å². The summed E-state index contributed by atoms with van der Waals surface area (Å²) in [7, 11) is 4.07. The highest BCUT2D eigenvalue weighted by Crippen LogP contribution is 2.27. The van der Waals surface area contributed by atoms with E-state index < -0.39 is 0 Å². The summed E-state index contributed by atoms with van der Waals surface area (Å²) in [4.78, 5) is 11.7. The van der Waals surface area contributed by atoms with Crippen molar-refractivity contribution in [3.8, 4) is 0 Å². The van der Waals surface area contributed by atoms with Gasteiger partial charge in [-0.05, 0) is 36.2 Å². The van der Waals surface area contributed by atoms with Crippen LogP contribution in [0.4, 0.5) is 5.69 Å². The van der Waals surface area contributed by atoms with Crippen LogP contribution in [-0.4, -0.2) is 62.6 Å². The van der Waals surface area contributed by atoms with Crippen molar-refractivity contribution in [2.45, 2.75) is 19.5 Å². The minimum absolute atomic E-state index is 0.792. The van der Waals surface area contributed by atoms with Gasteiger partial charge in [-0.3, -0.25) is 9.89 Å². The molecule has 0 unspecified atom stereocenters. The second kappa shape index (κ2) is 8.76. The first-order valence-electron chi connectivity index (χ1n) is 10.3. The van der Waals surface area contributed by atoms with Gasteiger partial charge >= 0.3 is 0 Å². The predicted molar refractivity (Wildman–Crippen MR) is 117 cm³/mol. The number of anilines is 1. The molecule has 28 heavy (non-hydrogen) atoms. The van der Waals surface area contributed by atoms with Gasteiger partial charge in [-0.25, -0.2) is 0 Å². The maximum Gasteiger partial charge on any atom is 0.198 e. The van der Waals surface area contributed by atoms with E-state index in [0.717, 1.165) is 45.1 Å². The molecular formula is C23H31N5. The van der Waals surface area contributed by atoms with Crippen LogP contribution in [0.15, 0.2) is 53.5 Å². The van der Waals surface area contributed by atoms with E-state index >= 15 is 0 Å². The molecule has 0 saturated carbocycles. The van der Waals surface area contributed by atoms with Gasteiger partial charge in [0.2, 0.25) is 0 Å². The van der Waals surface area contributed by atoms with Gasteiger partial charge in [0.1, 0.15) is 0 Å². The van der Waals surface area contributed by atoms with Crippen LogP contribution in [0, 0.1) is 0 Å². The van der Waals surface area contributed by atoms with Crippen LogP contribution < -0.4 is 10.2 Å². The predicted octanol–water partition coefficient (Wildman–Crippen LogP) is 2.57. The van der Waals surface area contributed by atoms with Crippen LogP contribution >= 0.6 is 0 Å². The molecule has 2 aromatic carbocycles. The lowest BCUT2D eigenvalue weighted by Gasteiger charge is -2.32. The van der Waals surface area contributed by atoms with Crippen molar-refractivity contribution in [1.29, 1.82) is 0 Å². The van der Waals surface area contributed by atoms with Gasteiger partial charge in [-0.2, -0.15) is 0 Å². The summed E-state index contributed by atoms with van der Waals surface area (Å²) in [6.07, 6.45) is 1.08. The number of guanidine groups is 1. The molecule has 148 valence electrons. The Morgan fingerprint density at radius 1 is 0.929 bits per heavy atom. The van der Waals surface area contributed by atoms with E-state index in [1.165, 1.54) is 35.5 Å². The monoisotopic (exact) mass is 377 g/mol. The van der Waals surface area contributed by atoms with Crippen molar-refractivity contribution in [2.75, 3.05) is 51.7 Å². The van der Waals surface area contributed by atoms with Crippen molar-refractivity contribution >= 4 is 11.6 Å². The SMILES string of the molecule is CN=C(NCc1ccc(CN2CCN(C)CC2)cc1)N1CCc2ccccc21. The molecule has 1 saturated heterocycles. The number of rotatable bonds is 4. The lowest BCUT2D eigenvalue weighted by molar-refractivity contribution is 0.148. The Labute approximate surface area is 168 Å². The van der Waals surface area contributed by atoms with Crippen molar-refractivity contribution in [3.63, 3.8) is 0 Å². The number of hydrogen-bond donors (Lipinski definition) is 1. The van der Waals surface area contributed by atoms with Gasteiger partial charge in [-0.1, -0.05) is 42.5 Å². The molecule has 2 heterocycles. The molecule has 0 radical (unpaired) electrons. The number of fused-ring (bicyclic) bond motifs is 1. The first-order chi connectivity index (χ1) is 13.7. The van der Waals surface area contributed by atoms with Crippen molar-refractivity contribution in [1.82, 2.24) is 15.1 Å². The van der Waals surface area contributed by atoms with Crippen LogP contribution in [-0.2, 0) is 19.5 Å². The van der Waals surface area contributed by atoms with Gasteiger partial charge in [-0.15, -0.1) is 0 Å². The summed E-state index contributed by atoms with van der Waals surface area (Å²) in [5, 5.41) is 3.53. The molecule has 0 aromatic heterocycles. The Morgan fingerprint density at radius 3 is 2.39 bits per heavy atom. The number of benzene rings is 2. The fourth-order valence-electron chi connectivity index (χ4n) is 4.06. The number of hydrogen-bond acceptors (Lipinski definition) is 3. The molecule has 5 heteroatoms. The molecule has 5 nitrogen and oxygen atoms in total. The number of nitrogens with one attached hydrogen (secondary N) is 1. The zero-order chi connectivity index (χ0) is 19.3. The number of likely N-dealkylation sites (N-methyl/N-ethyl adjacent to an activating group) is 1. The molecule has 0 spiro atoms. The second-order valence-corrected chi connectivity index (χ2v) is 7.83. The third-order valence-corrected chi connectivity index (χ3v) is 5.83. The molecule has 1 fully saturated rings. The standard InChI is InChI=1S/C23H31N5/c1-24-23(28-12-11-21-5-3-4-6-22(21)28)25-17-19-7-9-20(10-8-19)18-27-15-13-26(2)14-16-27/h3-10H,11-18H2,1-2H3,(H,24,25). The van der Waals surface area contributed by atoms with E-state index in [2.05, 4.69) is 80.6 Å². The fraction of sp³-hybridized carbons (Fsp3) is 0.435. The van der Waals surface area contributed by atoms with Crippen LogP contribution in [0.5, 0.6) is 0 Å². The lowest BCUT2D eigenvalue weighted by Crippen LogP contribution is -2.43. The average molecular weight is 378 g/mol. The number of nitrogens with zero attached hydrogens (tertiary/aromatic N) is 4. The van der Waals surface area contributed by atoms with Crippen molar-refractivity contribution in [3.05, 3.63) is 65.2 Å². The highest BCUT2D eigenvalue weighted by molar-refractivity contribution is 5.97. The van der Waals surface area contributed by atoms with Crippen LogP contribution in [0.3, 0.4) is 0 Å². The van der Waals surface area contributed by atoms with E-state index in [1.807, 2.05) is 7.05 Å². The zero-order valence-electron chi connectivity index (χ0n) is 17.1. The molecule has 0 atom stereocenters.